The molecule has 0 radical (unpaired) electrons. The van der Waals surface area contributed by atoms with E-state index in [1.54, 1.807) is 36.2 Å². The van der Waals surface area contributed by atoms with E-state index in [9.17, 15) is 9.59 Å². The molecule has 0 spiro atoms. The maximum absolute atomic E-state index is 12.8. The van der Waals surface area contributed by atoms with Crippen molar-refractivity contribution in [2.24, 2.45) is 0 Å². The van der Waals surface area contributed by atoms with Crippen LogP contribution in [0.4, 0.5) is 11.4 Å². The van der Waals surface area contributed by atoms with Crippen LogP contribution in [-0.4, -0.2) is 25.5 Å². The summed E-state index contributed by atoms with van der Waals surface area (Å²) in [5.74, 6) is 0.190. The number of hydrogen-bond acceptors (Lipinski definition) is 3. The highest BCUT2D eigenvalue weighted by Crippen LogP contribution is 2.24. The third-order valence-corrected chi connectivity index (χ3v) is 4.93. The SMILES string of the molecule is CN(C(=O)c1cccc(NC(=O)COc2ccc(C(C)(C)C)cc2)c1)c1ccccc1. The van der Waals surface area contributed by atoms with E-state index in [4.69, 9.17) is 4.74 Å². The molecule has 160 valence electrons. The molecule has 2 amide bonds. The Labute approximate surface area is 183 Å². The van der Waals surface area contributed by atoms with Crippen LogP contribution in [0, 0.1) is 0 Å². The monoisotopic (exact) mass is 416 g/mol. The Hall–Kier alpha value is -3.60. The molecule has 31 heavy (non-hydrogen) atoms. The highest BCUT2D eigenvalue weighted by atomic mass is 16.5. The number of rotatable bonds is 6. The molecule has 3 aromatic carbocycles. The van der Waals surface area contributed by atoms with Crippen LogP contribution in [0.25, 0.3) is 0 Å². The summed E-state index contributed by atoms with van der Waals surface area (Å²) in [6.45, 7) is 6.32. The zero-order chi connectivity index (χ0) is 22.4. The summed E-state index contributed by atoms with van der Waals surface area (Å²) >= 11 is 0. The van der Waals surface area contributed by atoms with Crippen molar-refractivity contribution in [3.63, 3.8) is 0 Å². The van der Waals surface area contributed by atoms with Crippen LogP contribution >= 0.6 is 0 Å². The van der Waals surface area contributed by atoms with Gasteiger partial charge in [-0.1, -0.05) is 57.2 Å². The topological polar surface area (TPSA) is 58.6 Å². The summed E-state index contributed by atoms with van der Waals surface area (Å²) < 4.78 is 5.59. The summed E-state index contributed by atoms with van der Waals surface area (Å²) in [5.41, 5.74) is 3.10. The van der Waals surface area contributed by atoms with Crippen molar-refractivity contribution in [3.8, 4) is 5.75 Å². The number of carbonyl (C=O) groups is 2. The van der Waals surface area contributed by atoms with Gasteiger partial charge in [0.25, 0.3) is 11.8 Å². The lowest BCUT2D eigenvalue weighted by Gasteiger charge is -2.19. The average Bonchev–Trinajstić information content (AvgIpc) is 2.77. The largest absolute Gasteiger partial charge is 0.484 e. The Morgan fingerprint density at radius 2 is 1.58 bits per heavy atom. The zero-order valence-electron chi connectivity index (χ0n) is 18.4. The summed E-state index contributed by atoms with van der Waals surface area (Å²) in [7, 11) is 1.72. The van der Waals surface area contributed by atoms with E-state index in [1.165, 1.54) is 5.56 Å². The molecular formula is C26H28N2O3. The fourth-order valence-corrected chi connectivity index (χ4v) is 3.09. The summed E-state index contributed by atoms with van der Waals surface area (Å²) in [6.07, 6.45) is 0. The van der Waals surface area contributed by atoms with E-state index in [0.29, 0.717) is 17.0 Å². The number of anilines is 2. The van der Waals surface area contributed by atoms with Gasteiger partial charge in [-0.3, -0.25) is 9.59 Å². The van der Waals surface area contributed by atoms with E-state index in [2.05, 4.69) is 26.1 Å². The van der Waals surface area contributed by atoms with Crippen LogP contribution in [0.1, 0.15) is 36.7 Å². The first-order valence-electron chi connectivity index (χ1n) is 10.2. The first kappa shape index (κ1) is 22.1. The Bertz CT molecular complexity index is 1040. The molecule has 0 unspecified atom stereocenters. The van der Waals surface area contributed by atoms with E-state index >= 15 is 0 Å². The minimum Gasteiger partial charge on any atom is -0.484 e. The third-order valence-electron chi connectivity index (χ3n) is 4.93. The summed E-state index contributed by atoms with van der Waals surface area (Å²) in [4.78, 5) is 26.7. The normalized spacial score (nSPS) is 11.0. The summed E-state index contributed by atoms with van der Waals surface area (Å²) in [5, 5.41) is 2.79. The van der Waals surface area contributed by atoms with E-state index < -0.39 is 0 Å². The number of ether oxygens (including phenoxy) is 1. The lowest BCUT2D eigenvalue weighted by Crippen LogP contribution is -2.26. The molecule has 0 aliphatic rings. The molecule has 5 heteroatoms. The number of nitrogens with one attached hydrogen (secondary N) is 1. The van der Waals surface area contributed by atoms with Crippen molar-refractivity contribution < 1.29 is 14.3 Å². The molecule has 3 aromatic rings. The second kappa shape index (κ2) is 9.47. The van der Waals surface area contributed by atoms with Crippen molar-refractivity contribution in [2.75, 3.05) is 23.9 Å². The van der Waals surface area contributed by atoms with Gasteiger partial charge in [-0.05, 0) is 53.4 Å². The lowest BCUT2D eigenvalue weighted by molar-refractivity contribution is -0.118. The van der Waals surface area contributed by atoms with Gasteiger partial charge in [0, 0.05) is 24.0 Å². The van der Waals surface area contributed by atoms with Crippen LogP contribution in [-0.2, 0) is 10.2 Å². The molecule has 0 aliphatic carbocycles. The Balaban J connectivity index is 1.59. The number of benzene rings is 3. The Morgan fingerprint density at radius 1 is 0.903 bits per heavy atom. The highest BCUT2D eigenvalue weighted by Gasteiger charge is 2.15. The van der Waals surface area contributed by atoms with Crippen molar-refractivity contribution in [1.29, 1.82) is 0 Å². The van der Waals surface area contributed by atoms with Gasteiger partial charge in [-0.2, -0.15) is 0 Å². The molecule has 0 saturated heterocycles. The molecule has 0 heterocycles. The first-order chi connectivity index (χ1) is 14.7. The van der Waals surface area contributed by atoms with Crippen LogP contribution < -0.4 is 15.0 Å². The maximum atomic E-state index is 12.8. The van der Waals surface area contributed by atoms with Crippen LogP contribution in [0.5, 0.6) is 5.75 Å². The van der Waals surface area contributed by atoms with Gasteiger partial charge in [0.2, 0.25) is 0 Å². The molecule has 0 atom stereocenters. The molecule has 0 saturated carbocycles. The highest BCUT2D eigenvalue weighted by molar-refractivity contribution is 6.06. The quantitative estimate of drug-likeness (QED) is 0.595. The number of carbonyl (C=O) groups excluding carboxylic acids is 2. The van der Waals surface area contributed by atoms with Gasteiger partial charge in [-0.25, -0.2) is 0 Å². The fourth-order valence-electron chi connectivity index (χ4n) is 3.09. The smallest absolute Gasteiger partial charge is 0.262 e. The third kappa shape index (κ3) is 5.95. The predicted octanol–water partition coefficient (Wildman–Crippen LogP) is 5.28. The molecule has 0 aliphatic heterocycles. The molecule has 0 aromatic heterocycles. The van der Waals surface area contributed by atoms with Gasteiger partial charge in [-0.15, -0.1) is 0 Å². The second-order valence-corrected chi connectivity index (χ2v) is 8.39. The average molecular weight is 417 g/mol. The molecule has 0 fully saturated rings. The molecular weight excluding hydrogens is 388 g/mol. The number of nitrogens with zero attached hydrogens (tertiary/aromatic N) is 1. The Kier molecular flexibility index (Phi) is 6.75. The van der Waals surface area contributed by atoms with E-state index in [1.807, 2.05) is 54.6 Å². The predicted molar refractivity (Wildman–Crippen MR) is 125 cm³/mol. The van der Waals surface area contributed by atoms with Gasteiger partial charge < -0.3 is 15.0 Å². The van der Waals surface area contributed by atoms with Crippen molar-refractivity contribution in [1.82, 2.24) is 0 Å². The van der Waals surface area contributed by atoms with Crippen molar-refractivity contribution in [3.05, 3.63) is 90.0 Å². The number of amides is 2. The van der Waals surface area contributed by atoms with Crippen molar-refractivity contribution in [2.45, 2.75) is 26.2 Å². The fraction of sp³-hybridized carbons (Fsp3) is 0.231. The van der Waals surface area contributed by atoms with Crippen LogP contribution in [0.3, 0.4) is 0 Å². The maximum Gasteiger partial charge on any atom is 0.262 e. The van der Waals surface area contributed by atoms with Crippen molar-refractivity contribution >= 4 is 23.2 Å². The van der Waals surface area contributed by atoms with E-state index in [0.717, 1.165) is 5.69 Å². The van der Waals surface area contributed by atoms with E-state index in [-0.39, 0.29) is 23.8 Å². The number of hydrogen-bond donors (Lipinski definition) is 1. The molecule has 3 rings (SSSR count). The molecule has 1 N–H and O–H groups in total. The standard InChI is InChI=1S/C26H28N2O3/c1-26(2,3)20-13-15-23(16-14-20)31-18-24(29)27-21-10-8-9-19(17-21)25(30)28(4)22-11-6-5-7-12-22/h5-17H,18H2,1-4H3,(H,27,29). The molecule has 0 bridgehead atoms. The van der Waals surface area contributed by atoms with Crippen LogP contribution in [0.15, 0.2) is 78.9 Å². The molecule has 5 nitrogen and oxygen atoms in total. The van der Waals surface area contributed by atoms with Gasteiger partial charge >= 0.3 is 0 Å². The van der Waals surface area contributed by atoms with Gasteiger partial charge in [0.15, 0.2) is 6.61 Å². The van der Waals surface area contributed by atoms with Crippen LogP contribution in [0.2, 0.25) is 0 Å². The minimum absolute atomic E-state index is 0.0624. The Morgan fingerprint density at radius 3 is 2.23 bits per heavy atom. The lowest BCUT2D eigenvalue weighted by atomic mass is 9.87. The first-order valence-corrected chi connectivity index (χ1v) is 10.2. The van der Waals surface area contributed by atoms with Gasteiger partial charge in [0.1, 0.15) is 5.75 Å². The number of para-hydroxylation sites is 1. The minimum atomic E-state index is -0.291. The second-order valence-electron chi connectivity index (χ2n) is 8.39. The van der Waals surface area contributed by atoms with Gasteiger partial charge in [0.05, 0.1) is 0 Å². The zero-order valence-corrected chi connectivity index (χ0v) is 18.4. The summed E-state index contributed by atoms with van der Waals surface area (Å²) in [6, 6.07) is 24.0.